The number of nitrogens with zero attached hydrogens (tertiary/aromatic N) is 2. The Bertz CT molecular complexity index is 304. The average molecular weight is 312 g/mol. The zero-order valence-corrected chi connectivity index (χ0v) is 10.3. The molecule has 0 unspecified atom stereocenters. The number of nitrogen functional groups attached to an aromatic ring is 1. The number of aryl methyl sites for hydroxylation is 1. The molecule has 0 saturated heterocycles. The summed E-state index contributed by atoms with van der Waals surface area (Å²) in [4.78, 5) is 8.00. The highest BCUT2D eigenvalue weighted by molar-refractivity contribution is 14.1. The molecule has 0 fully saturated rings. The molecule has 0 aliphatic rings. The highest BCUT2D eigenvalue weighted by Gasteiger charge is 2.07. The smallest absolute Gasteiger partial charge is 0.224 e. The maximum atomic E-state index is 5.70. The molecule has 72 valence electrons. The van der Waals surface area contributed by atoms with Crippen LogP contribution in [0.5, 0.6) is 0 Å². The maximum Gasteiger partial charge on any atom is 0.224 e. The van der Waals surface area contributed by atoms with Gasteiger partial charge in [0.15, 0.2) is 0 Å². The monoisotopic (exact) mass is 311 g/mol. The fourth-order valence-corrected chi connectivity index (χ4v) is 1.70. The molecule has 0 bridgehead atoms. The van der Waals surface area contributed by atoms with Gasteiger partial charge in [0.25, 0.3) is 0 Å². The number of nitrogens with two attached hydrogens (primary N) is 1. The van der Waals surface area contributed by atoms with Gasteiger partial charge in [-0.3, -0.25) is 0 Å². The van der Waals surface area contributed by atoms with Gasteiger partial charge in [-0.05, 0) is 47.0 Å². The van der Waals surface area contributed by atoms with Gasteiger partial charge in [-0.15, -0.1) is 0 Å². The summed E-state index contributed by atoms with van der Waals surface area (Å²) in [6.07, 6.45) is 3.15. The first-order valence-corrected chi connectivity index (χ1v) is 5.58. The fourth-order valence-electron chi connectivity index (χ4n) is 0.992. The van der Waals surface area contributed by atoms with Gasteiger partial charge in [-0.25, -0.2) is 4.98 Å². The lowest BCUT2D eigenvalue weighted by Gasteiger charge is -2.04. The lowest BCUT2D eigenvalue weighted by Crippen LogP contribution is -2.03. The first-order valence-electron chi connectivity index (χ1n) is 4.12. The highest BCUT2D eigenvalue weighted by Crippen LogP contribution is 2.19. The van der Waals surface area contributed by atoms with Crippen LogP contribution in [0.1, 0.15) is 25.5 Å². The normalized spacial score (nSPS) is 10.4. The molecule has 1 aromatic rings. The van der Waals surface area contributed by atoms with Crippen LogP contribution in [0.3, 0.4) is 0 Å². The second-order valence-corrected chi connectivity index (χ2v) is 4.16. The van der Waals surface area contributed by atoms with Gasteiger partial charge < -0.3 is 5.73 Å². The molecule has 0 saturated carbocycles. The Kier molecular flexibility index (Phi) is 4.18. The first-order chi connectivity index (χ1) is 6.15. The number of anilines is 1. The van der Waals surface area contributed by atoms with E-state index in [-0.39, 0.29) is 5.28 Å². The summed E-state index contributed by atoms with van der Waals surface area (Å²) < 4.78 is 0.926. The summed E-state index contributed by atoms with van der Waals surface area (Å²) in [6.45, 7) is 2.14. The minimum atomic E-state index is 0.240. The van der Waals surface area contributed by atoms with Crippen molar-refractivity contribution >= 4 is 40.0 Å². The van der Waals surface area contributed by atoms with E-state index >= 15 is 0 Å². The summed E-state index contributed by atoms with van der Waals surface area (Å²) in [5, 5.41) is 0.240. The van der Waals surface area contributed by atoms with Crippen molar-refractivity contribution in [3.63, 3.8) is 0 Å². The largest absolute Gasteiger partial charge is 0.383 e. The summed E-state index contributed by atoms with van der Waals surface area (Å²) in [5.41, 5.74) is 6.61. The third-order valence-corrected chi connectivity index (χ3v) is 3.03. The Morgan fingerprint density at radius 1 is 1.46 bits per heavy atom. The van der Waals surface area contributed by atoms with E-state index in [0.29, 0.717) is 5.82 Å². The Hall–Kier alpha value is -0.100. The van der Waals surface area contributed by atoms with Crippen LogP contribution in [-0.4, -0.2) is 9.97 Å². The second-order valence-electron chi connectivity index (χ2n) is 2.74. The second kappa shape index (κ2) is 4.95. The highest BCUT2D eigenvalue weighted by atomic mass is 127. The van der Waals surface area contributed by atoms with Crippen LogP contribution in [-0.2, 0) is 6.42 Å². The van der Waals surface area contributed by atoms with Crippen molar-refractivity contribution in [1.82, 2.24) is 9.97 Å². The van der Waals surface area contributed by atoms with Gasteiger partial charge in [0, 0.05) is 0 Å². The first kappa shape index (κ1) is 11.0. The standard InChI is InChI=1S/C8H11ClIN3/c1-2-3-4-5-6(10)7(11)13-8(9)12-5/h2-4H2,1H3,(H2,11,12,13). The van der Waals surface area contributed by atoms with Crippen molar-refractivity contribution in [3.05, 3.63) is 14.5 Å². The van der Waals surface area contributed by atoms with E-state index in [9.17, 15) is 0 Å². The van der Waals surface area contributed by atoms with E-state index in [0.717, 1.165) is 28.5 Å². The van der Waals surface area contributed by atoms with Crippen LogP contribution in [0.2, 0.25) is 5.28 Å². The average Bonchev–Trinajstić information content (AvgIpc) is 2.09. The molecular formula is C8H11ClIN3. The number of hydrogen-bond acceptors (Lipinski definition) is 3. The Morgan fingerprint density at radius 3 is 2.77 bits per heavy atom. The minimum absolute atomic E-state index is 0.240. The van der Waals surface area contributed by atoms with Gasteiger partial charge in [0.05, 0.1) is 9.26 Å². The lowest BCUT2D eigenvalue weighted by atomic mass is 10.2. The fraction of sp³-hybridized carbons (Fsp3) is 0.500. The van der Waals surface area contributed by atoms with Gasteiger partial charge in [0.1, 0.15) is 5.82 Å². The summed E-state index contributed by atoms with van der Waals surface area (Å²) in [5.74, 6) is 0.478. The van der Waals surface area contributed by atoms with Crippen LogP contribution < -0.4 is 5.73 Å². The molecule has 1 heterocycles. The molecule has 0 aliphatic carbocycles. The number of halogens is 2. The van der Waals surface area contributed by atoms with Crippen LogP contribution in [0.4, 0.5) is 5.82 Å². The molecule has 13 heavy (non-hydrogen) atoms. The topological polar surface area (TPSA) is 51.8 Å². The number of rotatable bonds is 3. The number of hydrogen-bond donors (Lipinski definition) is 1. The molecule has 0 aromatic carbocycles. The summed E-state index contributed by atoms with van der Waals surface area (Å²) in [6, 6.07) is 0. The SMILES string of the molecule is CCCCc1nc(Cl)nc(N)c1I. The Morgan fingerprint density at radius 2 is 2.15 bits per heavy atom. The summed E-state index contributed by atoms with van der Waals surface area (Å²) >= 11 is 7.85. The van der Waals surface area contributed by atoms with E-state index in [1.807, 2.05) is 0 Å². The van der Waals surface area contributed by atoms with Crippen molar-refractivity contribution in [2.75, 3.05) is 5.73 Å². The van der Waals surface area contributed by atoms with Crippen molar-refractivity contribution in [2.45, 2.75) is 26.2 Å². The zero-order valence-electron chi connectivity index (χ0n) is 7.35. The predicted octanol–water partition coefficient (Wildman–Crippen LogP) is 2.66. The molecule has 1 aromatic heterocycles. The van der Waals surface area contributed by atoms with Crippen LogP contribution >= 0.6 is 34.2 Å². The van der Waals surface area contributed by atoms with E-state index in [2.05, 4.69) is 39.5 Å². The van der Waals surface area contributed by atoms with E-state index in [4.69, 9.17) is 17.3 Å². The summed E-state index contributed by atoms with van der Waals surface area (Å²) in [7, 11) is 0. The van der Waals surface area contributed by atoms with Crippen molar-refractivity contribution < 1.29 is 0 Å². The molecule has 0 atom stereocenters. The van der Waals surface area contributed by atoms with Gasteiger partial charge >= 0.3 is 0 Å². The van der Waals surface area contributed by atoms with E-state index in [1.165, 1.54) is 0 Å². The minimum Gasteiger partial charge on any atom is -0.383 e. The molecule has 1 rings (SSSR count). The molecule has 0 spiro atoms. The lowest BCUT2D eigenvalue weighted by molar-refractivity contribution is 0.770. The van der Waals surface area contributed by atoms with E-state index < -0.39 is 0 Å². The molecule has 0 radical (unpaired) electrons. The molecule has 0 amide bonds. The van der Waals surface area contributed by atoms with Crippen LogP contribution in [0, 0.1) is 3.57 Å². The van der Waals surface area contributed by atoms with E-state index in [1.54, 1.807) is 0 Å². The Balaban J connectivity index is 2.92. The zero-order chi connectivity index (χ0) is 9.84. The van der Waals surface area contributed by atoms with Gasteiger partial charge in [-0.2, -0.15) is 4.98 Å². The Labute approximate surface area is 96.2 Å². The third kappa shape index (κ3) is 2.95. The third-order valence-electron chi connectivity index (χ3n) is 1.69. The molecule has 5 heteroatoms. The predicted molar refractivity (Wildman–Crippen MR) is 62.8 cm³/mol. The van der Waals surface area contributed by atoms with Crippen molar-refractivity contribution in [3.8, 4) is 0 Å². The molecule has 3 nitrogen and oxygen atoms in total. The number of unbranched alkanes of at least 4 members (excludes halogenated alkanes) is 1. The maximum absolute atomic E-state index is 5.70. The van der Waals surface area contributed by atoms with Crippen LogP contribution in [0.25, 0.3) is 0 Å². The van der Waals surface area contributed by atoms with Crippen molar-refractivity contribution in [2.24, 2.45) is 0 Å². The molecule has 2 N–H and O–H groups in total. The van der Waals surface area contributed by atoms with Gasteiger partial charge in [0.2, 0.25) is 5.28 Å². The number of aromatic nitrogens is 2. The van der Waals surface area contributed by atoms with Gasteiger partial charge in [-0.1, -0.05) is 13.3 Å². The molecule has 0 aliphatic heterocycles. The van der Waals surface area contributed by atoms with Crippen LogP contribution in [0.15, 0.2) is 0 Å². The van der Waals surface area contributed by atoms with Crippen molar-refractivity contribution in [1.29, 1.82) is 0 Å². The quantitative estimate of drug-likeness (QED) is 0.690. The molecular weight excluding hydrogens is 300 g/mol.